The zero-order valence-electron chi connectivity index (χ0n) is 15.0. The summed E-state index contributed by atoms with van der Waals surface area (Å²) in [4.78, 5) is 25.9. The van der Waals surface area contributed by atoms with E-state index in [2.05, 4.69) is 5.32 Å². The number of hydrogen-bond acceptors (Lipinski definition) is 4. The number of ether oxygens (including phenoxy) is 2. The van der Waals surface area contributed by atoms with Gasteiger partial charge in [-0.25, -0.2) is 0 Å². The van der Waals surface area contributed by atoms with Gasteiger partial charge < -0.3 is 19.7 Å². The molecule has 26 heavy (non-hydrogen) atoms. The van der Waals surface area contributed by atoms with Crippen LogP contribution in [0, 0.1) is 6.92 Å². The number of nitrogens with zero attached hydrogens (tertiary/aromatic N) is 1. The molecule has 0 saturated carbocycles. The van der Waals surface area contributed by atoms with E-state index in [1.165, 1.54) is 0 Å². The second-order valence-corrected chi connectivity index (χ2v) is 6.17. The van der Waals surface area contributed by atoms with Crippen molar-refractivity contribution < 1.29 is 19.1 Å². The molecule has 0 unspecified atom stereocenters. The smallest absolute Gasteiger partial charge is 0.262 e. The molecule has 6 nitrogen and oxygen atoms in total. The van der Waals surface area contributed by atoms with Crippen LogP contribution in [0.4, 0.5) is 11.4 Å². The van der Waals surface area contributed by atoms with Gasteiger partial charge in [0.1, 0.15) is 11.5 Å². The number of rotatable bonds is 6. The van der Waals surface area contributed by atoms with Crippen LogP contribution in [-0.2, 0) is 9.59 Å². The first-order valence-corrected chi connectivity index (χ1v) is 8.54. The molecule has 0 spiro atoms. The fraction of sp³-hybridized carbons (Fsp3) is 0.300. The highest BCUT2D eigenvalue weighted by atomic mass is 16.5. The van der Waals surface area contributed by atoms with E-state index < -0.39 is 0 Å². The third-order valence-electron chi connectivity index (χ3n) is 4.27. The molecule has 0 radical (unpaired) electrons. The molecule has 6 heteroatoms. The topological polar surface area (TPSA) is 67.9 Å². The first-order valence-electron chi connectivity index (χ1n) is 8.54. The van der Waals surface area contributed by atoms with Gasteiger partial charge in [0, 0.05) is 30.4 Å². The molecule has 2 amide bonds. The first-order chi connectivity index (χ1) is 12.6. The van der Waals surface area contributed by atoms with Gasteiger partial charge in [-0.15, -0.1) is 0 Å². The van der Waals surface area contributed by atoms with Crippen molar-refractivity contribution in [3.63, 3.8) is 0 Å². The van der Waals surface area contributed by atoms with E-state index in [9.17, 15) is 9.59 Å². The van der Waals surface area contributed by atoms with Gasteiger partial charge in [-0.05, 0) is 43.2 Å². The molecule has 1 aliphatic rings. The monoisotopic (exact) mass is 354 g/mol. The quantitative estimate of drug-likeness (QED) is 0.865. The summed E-state index contributed by atoms with van der Waals surface area (Å²) in [6.45, 7) is 2.56. The Morgan fingerprint density at radius 1 is 1.19 bits per heavy atom. The van der Waals surface area contributed by atoms with E-state index in [1.54, 1.807) is 36.3 Å². The summed E-state index contributed by atoms with van der Waals surface area (Å²) < 4.78 is 10.6. The SMILES string of the molecule is COc1cccc(OCC(=O)Nc2ccc(C)c(N3CCCC3=O)c2)c1. The standard InChI is InChI=1S/C20H22N2O4/c1-14-8-9-15(11-18(14)22-10-4-7-20(22)24)21-19(23)13-26-17-6-3-5-16(12-17)25-2/h3,5-6,8-9,11-12H,4,7,10,13H2,1-2H3,(H,21,23). The lowest BCUT2D eigenvalue weighted by molar-refractivity contribution is -0.118. The van der Waals surface area contributed by atoms with Gasteiger partial charge in [0.2, 0.25) is 5.91 Å². The van der Waals surface area contributed by atoms with Gasteiger partial charge in [0.05, 0.1) is 7.11 Å². The maximum absolute atomic E-state index is 12.2. The molecule has 3 rings (SSSR count). The van der Waals surface area contributed by atoms with E-state index in [-0.39, 0.29) is 18.4 Å². The van der Waals surface area contributed by atoms with Crippen LogP contribution in [-0.4, -0.2) is 32.1 Å². The van der Waals surface area contributed by atoms with Crippen molar-refractivity contribution in [2.45, 2.75) is 19.8 Å². The average Bonchev–Trinajstić information content (AvgIpc) is 3.07. The molecule has 0 bridgehead atoms. The highest BCUT2D eigenvalue weighted by Crippen LogP contribution is 2.28. The summed E-state index contributed by atoms with van der Waals surface area (Å²) in [6, 6.07) is 12.6. The summed E-state index contributed by atoms with van der Waals surface area (Å²) in [6.07, 6.45) is 1.44. The number of nitrogens with one attached hydrogen (secondary N) is 1. The number of benzene rings is 2. The van der Waals surface area contributed by atoms with Crippen LogP contribution in [0.5, 0.6) is 11.5 Å². The predicted molar refractivity (Wildman–Crippen MR) is 99.9 cm³/mol. The summed E-state index contributed by atoms with van der Waals surface area (Å²) in [5, 5.41) is 2.81. The molecule has 1 heterocycles. The van der Waals surface area contributed by atoms with E-state index in [4.69, 9.17) is 9.47 Å². The molecule has 1 aliphatic heterocycles. The number of carbonyl (C=O) groups is 2. The molecular weight excluding hydrogens is 332 g/mol. The Kier molecular flexibility index (Phi) is 5.41. The molecule has 2 aromatic carbocycles. The van der Waals surface area contributed by atoms with Crippen LogP contribution >= 0.6 is 0 Å². The number of aryl methyl sites for hydroxylation is 1. The van der Waals surface area contributed by atoms with Gasteiger partial charge in [-0.2, -0.15) is 0 Å². The van der Waals surface area contributed by atoms with Crippen molar-refractivity contribution in [1.29, 1.82) is 0 Å². The van der Waals surface area contributed by atoms with Gasteiger partial charge in [-0.1, -0.05) is 12.1 Å². The van der Waals surface area contributed by atoms with E-state index in [1.807, 2.05) is 25.1 Å². The summed E-state index contributed by atoms with van der Waals surface area (Å²) in [5.41, 5.74) is 2.49. The van der Waals surface area contributed by atoms with Crippen LogP contribution in [0.15, 0.2) is 42.5 Å². The van der Waals surface area contributed by atoms with Gasteiger partial charge in [0.25, 0.3) is 5.91 Å². The molecule has 136 valence electrons. The third kappa shape index (κ3) is 4.14. The second kappa shape index (κ2) is 7.91. The molecule has 0 atom stereocenters. The maximum atomic E-state index is 12.2. The van der Waals surface area contributed by atoms with Crippen LogP contribution < -0.4 is 19.7 Å². The van der Waals surface area contributed by atoms with Crippen molar-refractivity contribution in [1.82, 2.24) is 0 Å². The van der Waals surface area contributed by atoms with Crippen LogP contribution in [0.1, 0.15) is 18.4 Å². The van der Waals surface area contributed by atoms with Crippen molar-refractivity contribution in [3.05, 3.63) is 48.0 Å². The van der Waals surface area contributed by atoms with Crippen molar-refractivity contribution >= 4 is 23.2 Å². The Balaban J connectivity index is 1.63. The van der Waals surface area contributed by atoms with Crippen molar-refractivity contribution in [2.75, 3.05) is 30.5 Å². The summed E-state index contributed by atoms with van der Waals surface area (Å²) in [5.74, 6) is 1.08. The van der Waals surface area contributed by atoms with Gasteiger partial charge in [-0.3, -0.25) is 9.59 Å². The van der Waals surface area contributed by atoms with Crippen molar-refractivity contribution in [3.8, 4) is 11.5 Å². The summed E-state index contributed by atoms with van der Waals surface area (Å²) in [7, 11) is 1.58. The lowest BCUT2D eigenvalue weighted by Crippen LogP contribution is -2.25. The van der Waals surface area contributed by atoms with E-state index >= 15 is 0 Å². The number of amides is 2. The minimum atomic E-state index is -0.268. The molecule has 1 fully saturated rings. The summed E-state index contributed by atoms with van der Waals surface area (Å²) >= 11 is 0. The normalized spacial score (nSPS) is 13.6. The Morgan fingerprint density at radius 2 is 2.00 bits per heavy atom. The van der Waals surface area contributed by atoms with Gasteiger partial charge in [0.15, 0.2) is 6.61 Å². The molecule has 2 aromatic rings. The maximum Gasteiger partial charge on any atom is 0.262 e. The van der Waals surface area contributed by atoms with E-state index in [0.29, 0.717) is 23.6 Å². The minimum Gasteiger partial charge on any atom is -0.497 e. The number of carbonyl (C=O) groups excluding carboxylic acids is 2. The Morgan fingerprint density at radius 3 is 2.73 bits per heavy atom. The van der Waals surface area contributed by atoms with E-state index in [0.717, 1.165) is 24.2 Å². The van der Waals surface area contributed by atoms with Gasteiger partial charge >= 0.3 is 0 Å². The molecule has 0 aromatic heterocycles. The van der Waals surface area contributed by atoms with Crippen LogP contribution in [0.25, 0.3) is 0 Å². The highest BCUT2D eigenvalue weighted by Gasteiger charge is 2.23. The molecule has 1 saturated heterocycles. The fourth-order valence-corrected chi connectivity index (χ4v) is 2.92. The number of hydrogen-bond donors (Lipinski definition) is 1. The highest BCUT2D eigenvalue weighted by molar-refractivity contribution is 5.98. The third-order valence-corrected chi connectivity index (χ3v) is 4.27. The Bertz CT molecular complexity index is 819. The molecule has 1 N–H and O–H groups in total. The number of anilines is 2. The lowest BCUT2D eigenvalue weighted by Gasteiger charge is -2.19. The second-order valence-electron chi connectivity index (χ2n) is 6.17. The average molecular weight is 354 g/mol. The Hall–Kier alpha value is -3.02. The minimum absolute atomic E-state index is 0.112. The molecule has 0 aliphatic carbocycles. The Labute approximate surface area is 152 Å². The van der Waals surface area contributed by atoms with Crippen molar-refractivity contribution in [2.24, 2.45) is 0 Å². The van der Waals surface area contributed by atoms with Crippen LogP contribution in [0.3, 0.4) is 0 Å². The zero-order chi connectivity index (χ0) is 18.5. The largest absolute Gasteiger partial charge is 0.497 e. The fourth-order valence-electron chi connectivity index (χ4n) is 2.92. The predicted octanol–water partition coefficient (Wildman–Crippen LogP) is 3.15. The number of methoxy groups -OCH3 is 1. The zero-order valence-corrected chi connectivity index (χ0v) is 15.0. The first kappa shape index (κ1) is 17.8. The molecular formula is C20H22N2O4. The lowest BCUT2D eigenvalue weighted by atomic mass is 10.1. The van der Waals surface area contributed by atoms with Crippen LogP contribution in [0.2, 0.25) is 0 Å².